The number of amides is 1. The molecule has 3 N–H and O–H groups in total. The van der Waals surface area contributed by atoms with Crippen molar-refractivity contribution in [3.8, 4) is 0 Å². The lowest BCUT2D eigenvalue weighted by molar-refractivity contribution is -0.130. The number of likely N-dealkylation sites (N-methyl/N-ethyl adjacent to an activating group) is 1. The Kier molecular flexibility index (Phi) is 5.29. The lowest BCUT2D eigenvalue weighted by Crippen LogP contribution is -2.43. The van der Waals surface area contributed by atoms with E-state index in [2.05, 4.69) is 21.6 Å². The van der Waals surface area contributed by atoms with E-state index in [0.717, 1.165) is 42.2 Å². The number of carbonyl (C=O) groups excluding carboxylic acids is 1. The molecule has 2 aromatic rings. The zero-order chi connectivity index (χ0) is 21.5. The lowest BCUT2D eigenvalue weighted by Gasteiger charge is -2.26. The number of β-amino-alcohol motifs (C(OH)–C–C–N with tert-alkyl or cyclic N) is 1. The fourth-order valence-electron chi connectivity index (χ4n) is 5.19. The summed E-state index contributed by atoms with van der Waals surface area (Å²) in [5.74, 6) is 2.57. The van der Waals surface area contributed by atoms with E-state index in [4.69, 9.17) is 9.97 Å². The minimum Gasteiger partial charge on any atom is -0.391 e. The van der Waals surface area contributed by atoms with Gasteiger partial charge in [0.15, 0.2) is 5.82 Å². The molecular formula is C22H31N7O2. The summed E-state index contributed by atoms with van der Waals surface area (Å²) in [6.45, 7) is 0.358. The van der Waals surface area contributed by atoms with Gasteiger partial charge in [-0.3, -0.25) is 9.89 Å². The van der Waals surface area contributed by atoms with Gasteiger partial charge in [0.2, 0.25) is 11.9 Å². The van der Waals surface area contributed by atoms with E-state index in [9.17, 15) is 9.90 Å². The Morgan fingerprint density at radius 3 is 2.81 bits per heavy atom. The van der Waals surface area contributed by atoms with Gasteiger partial charge in [-0.25, -0.2) is 4.98 Å². The van der Waals surface area contributed by atoms with Crippen LogP contribution in [-0.4, -0.2) is 68.9 Å². The van der Waals surface area contributed by atoms with E-state index in [1.54, 1.807) is 19.0 Å². The van der Waals surface area contributed by atoms with Crippen LogP contribution in [0.3, 0.4) is 0 Å². The number of rotatable bonds is 5. The molecule has 2 atom stereocenters. The molecule has 2 aromatic heterocycles. The van der Waals surface area contributed by atoms with Crippen molar-refractivity contribution in [2.24, 2.45) is 0 Å². The van der Waals surface area contributed by atoms with E-state index in [1.807, 2.05) is 4.90 Å². The molecule has 0 unspecified atom stereocenters. The summed E-state index contributed by atoms with van der Waals surface area (Å²) in [7, 11) is 3.47. The highest BCUT2D eigenvalue weighted by Gasteiger charge is 2.39. The summed E-state index contributed by atoms with van der Waals surface area (Å²) in [6.07, 6.45) is 7.69. The van der Waals surface area contributed by atoms with Gasteiger partial charge in [-0.1, -0.05) is 12.8 Å². The normalized spacial score (nSPS) is 23.4. The van der Waals surface area contributed by atoms with Crippen molar-refractivity contribution < 1.29 is 9.90 Å². The first kappa shape index (κ1) is 20.2. The summed E-state index contributed by atoms with van der Waals surface area (Å²) in [6, 6.07) is 1.65. The topological polar surface area (TPSA) is 110 Å². The van der Waals surface area contributed by atoms with Crippen molar-refractivity contribution >= 4 is 23.5 Å². The molecule has 1 amide bonds. The zero-order valence-electron chi connectivity index (χ0n) is 18.3. The minimum absolute atomic E-state index is 0.0383. The fraction of sp³-hybridized carbons (Fsp3) is 0.636. The number of aryl methyl sites for hydroxylation is 1. The van der Waals surface area contributed by atoms with Crippen molar-refractivity contribution in [2.75, 3.05) is 30.9 Å². The maximum atomic E-state index is 12.7. The number of fused-ring (bicyclic) bond motifs is 1. The molecule has 5 rings (SSSR count). The van der Waals surface area contributed by atoms with Crippen LogP contribution in [0.25, 0.3) is 0 Å². The maximum Gasteiger partial charge on any atom is 0.244 e. The average Bonchev–Trinajstić information content (AvgIpc) is 3.52. The molecule has 0 bridgehead atoms. The second kappa shape index (κ2) is 8.11. The molecule has 166 valence electrons. The third-order valence-corrected chi connectivity index (χ3v) is 6.82. The molecule has 31 heavy (non-hydrogen) atoms. The number of hydrogen-bond acceptors (Lipinski definition) is 7. The van der Waals surface area contributed by atoms with Crippen LogP contribution in [0, 0.1) is 0 Å². The van der Waals surface area contributed by atoms with E-state index in [-0.39, 0.29) is 5.91 Å². The third-order valence-electron chi connectivity index (χ3n) is 6.82. The highest BCUT2D eigenvalue weighted by atomic mass is 16.3. The van der Waals surface area contributed by atoms with Gasteiger partial charge in [0.1, 0.15) is 11.9 Å². The summed E-state index contributed by atoms with van der Waals surface area (Å²) >= 11 is 0. The molecule has 2 aliphatic carbocycles. The number of aliphatic hydroxyl groups excluding tert-OH is 1. The number of nitrogens with one attached hydrogen (secondary N) is 2. The zero-order valence-corrected chi connectivity index (χ0v) is 18.3. The number of nitrogens with zero attached hydrogens (tertiary/aromatic N) is 5. The third kappa shape index (κ3) is 3.86. The Balaban J connectivity index is 1.44. The molecule has 0 spiro atoms. The van der Waals surface area contributed by atoms with Gasteiger partial charge in [0.05, 0.1) is 11.8 Å². The number of hydrogen-bond donors (Lipinski definition) is 3. The van der Waals surface area contributed by atoms with Crippen molar-refractivity contribution in [1.29, 1.82) is 0 Å². The molecule has 1 saturated heterocycles. The van der Waals surface area contributed by atoms with Crippen LogP contribution >= 0.6 is 0 Å². The van der Waals surface area contributed by atoms with Gasteiger partial charge in [-0.05, 0) is 32.1 Å². The van der Waals surface area contributed by atoms with Crippen molar-refractivity contribution in [3.63, 3.8) is 0 Å². The van der Waals surface area contributed by atoms with Gasteiger partial charge >= 0.3 is 0 Å². The summed E-state index contributed by atoms with van der Waals surface area (Å²) in [5.41, 5.74) is 3.34. The Hall–Kier alpha value is -2.68. The van der Waals surface area contributed by atoms with Crippen LogP contribution in [-0.2, 0) is 17.6 Å². The lowest BCUT2D eigenvalue weighted by atomic mass is 10.0. The molecule has 2 fully saturated rings. The SMILES string of the molecule is CN(C)C(=O)[C@H]1C[C@@H](O)CN1c1nc2c(c(Nc3cc(C4CCCC4)[nH]n3)n1)CCC2. The van der Waals surface area contributed by atoms with Crippen molar-refractivity contribution in [2.45, 2.75) is 69.4 Å². The molecule has 9 nitrogen and oxygen atoms in total. The van der Waals surface area contributed by atoms with Crippen LogP contribution in [0.4, 0.5) is 17.6 Å². The van der Waals surface area contributed by atoms with Crippen LogP contribution in [0.1, 0.15) is 61.4 Å². The molecule has 3 aliphatic rings. The highest BCUT2D eigenvalue weighted by molar-refractivity contribution is 5.85. The largest absolute Gasteiger partial charge is 0.391 e. The molecule has 0 aromatic carbocycles. The molecule has 1 saturated carbocycles. The van der Waals surface area contributed by atoms with Crippen LogP contribution in [0.15, 0.2) is 6.07 Å². The number of anilines is 3. The minimum atomic E-state index is -0.567. The van der Waals surface area contributed by atoms with Crippen LogP contribution < -0.4 is 10.2 Å². The predicted molar refractivity (Wildman–Crippen MR) is 118 cm³/mol. The van der Waals surface area contributed by atoms with Gasteiger partial charge < -0.3 is 20.2 Å². The van der Waals surface area contributed by atoms with E-state index >= 15 is 0 Å². The Morgan fingerprint density at radius 2 is 2.03 bits per heavy atom. The predicted octanol–water partition coefficient (Wildman–Crippen LogP) is 2.12. The van der Waals surface area contributed by atoms with Gasteiger partial charge in [-0.2, -0.15) is 10.1 Å². The fourth-order valence-corrected chi connectivity index (χ4v) is 5.19. The number of aromatic nitrogens is 4. The smallest absolute Gasteiger partial charge is 0.244 e. The average molecular weight is 426 g/mol. The van der Waals surface area contributed by atoms with Gasteiger partial charge in [-0.15, -0.1) is 0 Å². The molecular weight excluding hydrogens is 394 g/mol. The first-order valence-corrected chi connectivity index (χ1v) is 11.4. The second-order valence-electron chi connectivity index (χ2n) is 9.26. The van der Waals surface area contributed by atoms with E-state index in [1.165, 1.54) is 31.4 Å². The monoisotopic (exact) mass is 425 g/mol. The summed E-state index contributed by atoms with van der Waals surface area (Å²) in [5, 5.41) is 21.4. The van der Waals surface area contributed by atoms with Crippen LogP contribution in [0.5, 0.6) is 0 Å². The molecule has 0 radical (unpaired) electrons. The summed E-state index contributed by atoms with van der Waals surface area (Å²) in [4.78, 5) is 25.7. The Labute approximate surface area is 182 Å². The number of aliphatic hydroxyl groups is 1. The van der Waals surface area contributed by atoms with Crippen LogP contribution in [0.2, 0.25) is 0 Å². The quantitative estimate of drug-likeness (QED) is 0.673. The number of carbonyl (C=O) groups is 1. The Bertz CT molecular complexity index is 967. The highest BCUT2D eigenvalue weighted by Crippen LogP contribution is 2.35. The Morgan fingerprint density at radius 1 is 1.23 bits per heavy atom. The molecule has 9 heteroatoms. The molecule has 3 heterocycles. The summed E-state index contributed by atoms with van der Waals surface area (Å²) < 4.78 is 0. The molecule has 1 aliphatic heterocycles. The van der Waals surface area contributed by atoms with Crippen molar-refractivity contribution in [3.05, 3.63) is 23.0 Å². The first-order valence-electron chi connectivity index (χ1n) is 11.4. The second-order valence-corrected chi connectivity index (χ2v) is 9.26. The maximum absolute atomic E-state index is 12.7. The first-order chi connectivity index (χ1) is 15.0. The van der Waals surface area contributed by atoms with Gasteiger partial charge in [0, 0.05) is 50.3 Å². The number of aromatic amines is 1. The van der Waals surface area contributed by atoms with Gasteiger partial charge in [0.25, 0.3) is 0 Å². The standard InChI is InChI=1S/C22H31N7O2/c1-28(2)21(31)18-10-14(30)12-29(18)22-23-16-9-5-8-15(16)20(25-22)24-19-11-17(26-27-19)13-6-3-4-7-13/h11,13-14,18,30H,3-10,12H2,1-2H3,(H2,23,24,25,26,27)/t14-,18-/m1/s1. The number of H-pyrrole nitrogens is 1. The van der Waals surface area contributed by atoms with E-state index < -0.39 is 12.1 Å². The van der Waals surface area contributed by atoms with Crippen molar-refractivity contribution in [1.82, 2.24) is 25.1 Å². The van der Waals surface area contributed by atoms with E-state index in [0.29, 0.717) is 24.8 Å².